The lowest BCUT2D eigenvalue weighted by Gasteiger charge is -2.33. The summed E-state index contributed by atoms with van der Waals surface area (Å²) in [7, 11) is 0. The third-order valence-corrected chi connectivity index (χ3v) is 5.75. The SMILES string of the molecule is CCc1cc(F)c(C#C[C@H]2CC[C@H](C3CC=C(F)CC3)CC2)c(F)c1. The molecule has 134 valence electrons. The lowest BCUT2D eigenvalue weighted by molar-refractivity contribution is 0.208. The monoisotopic (exact) mass is 346 g/mol. The molecule has 0 amide bonds. The molecular weight excluding hydrogens is 321 g/mol. The molecule has 0 aliphatic heterocycles. The van der Waals surface area contributed by atoms with Crippen LogP contribution in [0.3, 0.4) is 0 Å². The summed E-state index contributed by atoms with van der Waals surface area (Å²) in [5.41, 5.74) is 0.547. The Morgan fingerprint density at radius 1 is 0.960 bits per heavy atom. The number of halogens is 3. The zero-order chi connectivity index (χ0) is 17.8. The van der Waals surface area contributed by atoms with E-state index in [-0.39, 0.29) is 17.3 Å². The van der Waals surface area contributed by atoms with Crippen molar-refractivity contribution in [2.75, 3.05) is 0 Å². The summed E-state index contributed by atoms with van der Waals surface area (Å²) in [6.45, 7) is 1.87. The van der Waals surface area contributed by atoms with E-state index in [2.05, 4.69) is 11.8 Å². The Labute approximate surface area is 148 Å². The Kier molecular flexibility index (Phi) is 5.89. The van der Waals surface area contributed by atoms with Crippen LogP contribution in [0.25, 0.3) is 0 Å². The van der Waals surface area contributed by atoms with Crippen molar-refractivity contribution in [3.8, 4) is 11.8 Å². The first-order valence-corrected chi connectivity index (χ1v) is 9.40. The van der Waals surface area contributed by atoms with Gasteiger partial charge in [0.1, 0.15) is 11.6 Å². The van der Waals surface area contributed by atoms with Gasteiger partial charge in [-0.15, -0.1) is 0 Å². The summed E-state index contributed by atoms with van der Waals surface area (Å²) >= 11 is 0. The molecule has 3 heteroatoms. The second kappa shape index (κ2) is 8.13. The first-order chi connectivity index (χ1) is 12.1. The van der Waals surface area contributed by atoms with Gasteiger partial charge < -0.3 is 0 Å². The highest BCUT2D eigenvalue weighted by Crippen LogP contribution is 2.39. The fourth-order valence-corrected chi connectivity index (χ4v) is 4.11. The average Bonchev–Trinajstić information content (AvgIpc) is 2.62. The molecule has 0 N–H and O–H groups in total. The minimum atomic E-state index is -0.561. The van der Waals surface area contributed by atoms with Gasteiger partial charge in [-0.3, -0.25) is 0 Å². The van der Waals surface area contributed by atoms with Crippen LogP contribution >= 0.6 is 0 Å². The maximum Gasteiger partial charge on any atom is 0.142 e. The molecular formula is C22H25F3. The molecule has 0 aromatic heterocycles. The zero-order valence-electron chi connectivity index (χ0n) is 14.8. The van der Waals surface area contributed by atoms with Gasteiger partial charge in [0.25, 0.3) is 0 Å². The van der Waals surface area contributed by atoms with Crippen molar-refractivity contribution in [1.29, 1.82) is 0 Å². The molecule has 0 radical (unpaired) electrons. The number of hydrogen-bond donors (Lipinski definition) is 0. The summed E-state index contributed by atoms with van der Waals surface area (Å²) in [4.78, 5) is 0. The minimum absolute atomic E-state index is 0.0361. The maximum absolute atomic E-state index is 14.0. The summed E-state index contributed by atoms with van der Waals surface area (Å²) in [5.74, 6) is 6.17. The van der Waals surface area contributed by atoms with Gasteiger partial charge in [-0.1, -0.05) is 24.8 Å². The molecule has 25 heavy (non-hydrogen) atoms. The standard InChI is InChI=1S/C22H25F3/c1-2-15-13-21(24)20(22(25)14-15)12-5-16-3-6-17(7-4-16)18-8-10-19(23)11-9-18/h10,13-14,16-18H,2-4,6-9,11H2,1H3/t16-,17-,18?. The van der Waals surface area contributed by atoms with E-state index in [4.69, 9.17) is 0 Å². The van der Waals surface area contributed by atoms with Crippen LogP contribution in [-0.2, 0) is 6.42 Å². The van der Waals surface area contributed by atoms with E-state index in [1.165, 1.54) is 12.1 Å². The predicted octanol–water partition coefficient (Wildman–Crippen LogP) is 6.34. The van der Waals surface area contributed by atoms with Crippen LogP contribution in [0, 0.1) is 41.2 Å². The molecule has 1 aromatic rings. The smallest absolute Gasteiger partial charge is 0.142 e. The Bertz CT molecular complexity index is 677. The van der Waals surface area contributed by atoms with Crippen LogP contribution in [0.4, 0.5) is 13.2 Å². The highest BCUT2D eigenvalue weighted by Gasteiger charge is 2.28. The van der Waals surface area contributed by atoms with E-state index in [1.54, 1.807) is 6.08 Å². The molecule has 1 unspecified atom stereocenters. The first-order valence-electron chi connectivity index (χ1n) is 9.40. The van der Waals surface area contributed by atoms with Crippen molar-refractivity contribution in [1.82, 2.24) is 0 Å². The van der Waals surface area contributed by atoms with E-state index in [1.807, 2.05) is 6.92 Å². The minimum Gasteiger partial charge on any atom is -0.212 e. The lowest BCUT2D eigenvalue weighted by atomic mass is 9.72. The third-order valence-electron chi connectivity index (χ3n) is 5.75. The van der Waals surface area contributed by atoms with Crippen LogP contribution in [0.1, 0.15) is 63.0 Å². The molecule has 3 rings (SSSR count). The van der Waals surface area contributed by atoms with Crippen LogP contribution in [0.15, 0.2) is 24.0 Å². The molecule has 1 saturated carbocycles. The molecule has 0 spiro atoms. The van der Waals surface area contributed by atoms with Crippen molar-refractivity contribution in [2.45, 2.75) is 58.3 Å². The summed E-state index contributed by atoms with van der Waals surface area (Å²) < 4.78 is 41.2. The Balaban J connectivity index is 1.59. The molecule has 0 saturated heterocycles. The van der Waals surface area contributed by atoms with Crippen LogP contribution in [-0.4, -0.2) is 0 Å². The molecule has 1 fully saturated rings. The second-order valence-corrected chi connectivity index (χ2v) is 7.35. The zero-order valence-corrected chi connectivity index (χ0v) is 14.8. The molecule has 1 aromatic carbocycles. The van der Waals surface area contributed by atoms with Crippen molar-refractivity contribution >= 4 is 0 Å². The number of benzene rings is 1. The molecule has 0 nitrogen and oxygen atoms in total. The number of aryl methyl sites for hydroxylation is 1. The van der Waals surface area contributed by atoms with E-state index in [0.717, 1.165) is 38.5 Å². The highest BCUT2D eigenvalue weighted by atomic mass is 19.1. The second-order valence-electron chi connectivity index (χ2n) is 7.35. The summed E-state index contributed by atoms with van der Waals surface area (Å²) in [6.07, 6.45) is 8.83. The molecule has 1 atom stereocenters. The molecule has 2 aliphatic carbocycles. The van der Waals surface area contributed by atoms with E-state index < -0.39 is 11.6 Å². The van der Waals surface area contributed by atoms with Crippen molar-refractivity contribution in [3.05, 3.63) is 46.8 Å². The normalized spacial score (nSPS) is 26.6. The van der Waals surface area contributed by atoms with E-state index in [0.29, 0.717) is 30.2 Å². The fraction of sp³-hybridized carbons (Fsp3) is 0.545. The number of rotatable bonds is 2. The summed E-state index contributed by atoms with van der Waals surface area (Å²) in [5, 5.41) is 0. The van der Waals surface area contributed by atoms with E-state index >= 15 is 0 Å². The fourth-order valence-electron chi connectivity index (χ4n) is 4.11. The summed E-state index contributed by atoms with van der Waals surface area (Å²) in [6, 6.07) is 2.75. The van der Waals surface area contributed by atoms with Gasteiger partial charge in [0.05, 0.1) is 11.4 Å². The Morgan fingerprint density at radius 3 is 2.20 bits per heavy atom. The largest absolute Gasteiger partial charge is 0.212 e. The third kappa shape index (κ3) is 4.48. The lowest BCUT2D eigenvalue weighted by Crippen LogP contribution is -2.22. The van der Waals surface area contributed by atoms with Gasteiger partial charge in [-0.25, -0.2) is 13.2 Å². The molecule has 0 bridgehead atoms. The Hall–Kier alpha value is -1.69. The maximum atomic E-state index is 14.0. The van der Waals surface area contributed by atoms with Crippen LogP contribution < -0.4 is 0 Å². The predicted molar refractivity (Wildman–Crippen MR) is 94.6 cm³/mol. The van der Waals surface area contributed by atoms with E-state index in [9.17, 15) is 13.2 Å². The first kappa shape index (κ1) is 18.1. The van der Waals surface area contributed by atoms with Gasteiger partial charge in [-0.2, -0.15) is 0 Å². The number of hydrogen-bond acceptors (Lipinski definition) is 0. The van der Waals surface area contributed by atoms with Crippen LogP contribution in [0.5, 0.6) is 0 Å². The number of allylic oxidation sites excluding steroid dienone is 2. The molecule has 2 aliphatic rings. The quantitative estimate of drug-likeness (QED) is 0.548. The van der Waals surface area contributed by atoms with Crippen LogP contribution in [0.2, 0.25) is 0 Å². The van der Waals surface area contributed by atoms with Crippen molar-refractivity contribution < 1.29 is 13.2 Å². The van der Waals surface area contributed by atoms with Gasteiger partial charge in [0.15, 0.2) is 0 Å². The van der Waals surface area contributed by atoms with Gasteiger partial charge in [0.2, 0.25) is 0 Å². The average molecular weight is 346 g/mol. The van der Waals surface area contributed by atoms with Crippen molar-refractivity contribution in [3.63, 3.8) is 0 Å². The topological polar surface area (TPSA) is 0 Å². The molecule has 0 heterocycles. The van der Waals surface area contributed by atoms with Gasteiger partial charge in [0, 0.05) is 5.92 Å². The van der Waals surface area contributed by atoms with Gasteiger partial charge >= 0.3 is 0 Å². The van der Waals surface area contributed by atoms with Crippen molar-refractivity contribution in [2.24, 2.45) is 17.8 Å². The Morgan fingerprint density at radius 2 is 1.64 bits per heavy atom. The highest BCUT2D eigenvalue weighted by molar-refractivity contribution is 5.39. The van der Waals surface area contributed by atoms with Gasteiger partial charge in [-0.05, 0) is 80.9 Å².